The highest BCUT2D eigenvalue weighted by molar-refractivity contribution is 7.14. The summed E-state index contributed by atoms with van der Waals surface area (Å²) in [7, 11) is 0. The number of anilines is 1. The Morgan fingerprint density at radius 1 is 0.902 bits per heavy atom. The number of carboxylic acids is 1. The standard InChI is InChI=1S/C32H33N3O5S/c1-4-5-21-39-29(38)31(2,3)40-35-27(28(36)37)26-22-41-30(33-26)34-32(23-15-9-6-10-16-23,24-17-11-7-12-18-24)25-19-13-8-14-20-25/h6-20,22H,4-5,21H2,1-3H3,(H,33,34)(H,36,37)/b35-27-. The number of unbranched alkanes of at least 4 members (excludes halogenated alkanes) is 1. The molecule has 41 heavy (non-hydrogen) atoms. The van der Waals surface area contributed by atoms with Crippen molar-refractivity contribution in [1.29, 1.82) is 0 Å². The molecule has 2 N–H and O–H groups in total. The predicted molar refractivity (Wildman–Crippen MR) is 160 cm³/mol. The zero-order chi connectivity index (χ0) is 29.3. The Morgan fingerprint density at radius 2 is 1.41 bits per heavy atom. The molecule has 0 amide bonds. The molecule has 0 radical (unpaired) electrons. The molecule has 0 aliphatic carbocycles. The van der Waals surface area contributed by atoms with Gasteiger partial charge in [-0.2, -0.15) is 0 Å². The summed E-state index contributed by atoms with van der Waals surface area (Å²) in [4.78, 5) is 34.6. The third-order valence-electron chi connectivity index (χ3n) is 6.45. The van der Waals surface area contributed by atoms with Crippen LogP contribution < -0.4 is 5.32 Å². The summed E-state index contributed by atoms with van der Waals surface area (Å²) in [5.74, 6) is -1.96. The Labute approximate surface area is 243 Å². The zero-order valence-corrected chi connectivity index (χ0v) is 24.1. The number of oxime groups is 1. The number of nitrogens with zero attached hydrogens (tertiary/aromatic N) is 2. The van der Waals surface area contributed by atoms with E-state index in [2.05, 4.69) is 15.5 Å². The summed E-state index contributed by atoms with van der Waals surface area (Å²) in [6.45, 7) is 5.20. The van der Waals surface area contributed by atoms with Crippen LogP contribution in [0.1, 0.15) is 56.0 Å². The number of hydrogen-bond donors (Lipinski definition) is 2. The molecule has 0 saturated carbocycles. The molecule has 0 aliphatic rings. The maximum Gasteiger partial charge on any atom is 0.360 e. The Hall–Kier alpha value is -4.50. The summed E-state index contributed by atoms with van der Waals surface area (Å²) in [5, 5.41) is 19.4. The van der Waals surface area contributed by atoms with E-state index in [9.17, 15) is 14.7 Å². The fourth-order valence-electron chi connectivity index (χ4n) is 4.26. The molecule has 212 valence electrons. The van der Waals surface area contributed by atoms with E-state index in [1.807, 2.05) is 97.9 Å². The van der Waals surface area contributed by atoms with E-state index in [1.54, 1.807) is 5.38 Å². The number of carbonyl (C=O) groups is 2. The second kappa shape index (κ2) is 13.2. The molecule has 1 heterocycles. The van der Waals surface area contributed by atoms with Crippen LogP contribution in [-0.4, -0.2) is 39.9 Å². The number of carboxylic acid groups (broad SMARTS) is 1. The van der Waals surface area contributed by atoms with Gasteiger partial charge in [-0.3, -0.25) is 0 Å². The lowest BCUT2D eigenvalue weighted by Gasteiger charge is -2.36. The summed E-state index contributed by atoms with van der Waals surface area (Å²) in [5.41, 5.74) is 0.306. The normalized spacial score (nSPS) is 12.0. The molecule has 4 aromatic rings. The molecular weight excluding hydrogens is 538 g/mol. The van der Waals surface area contributed by atoms with Crippen LogP contribution in [-0.2, 0) is 24.7 Å². The van der Waals surface area contributed by atoms with Crippen LogP contribution >= 0.6 is 11.3 Å². The molecule has 0 bridgehead atoms. The van der Waals surface area contributed by atoms with Crippen LogP contribution in [0.3, 0.4) is 0 Å². The Kier molecular flexibility index (Phi) is 9.52. The number of rotatable bonds is 13. The smallest absolute Gasteiger partial charge is 0.360 e. The number of aromatic nitrogens is 1. The molecule has 0 aliphatic heterocycles. The van der Waals surface area contributed by atoms with Gasteiger partial charge >= 0.3 is 11.9 Å². The topological polar surface area (TPSA) is 110 Å². The van der Waals surface area contributed by atoms with Crippen molar-refractivity contribution in [3.63, 3.8) is 0 Å². The average molecular weight is 572 g/mol. The van der Waals surface area contributed by atoms with Gasteiger partial charge in [-0.1, -0.05) is 109 Å². The predicted octanol–water partition coefficient (Wildman–Crippen LogP) is 6.47. The molecule has 0 saturated heterocycles. The van der Waals surface area contributed by atoms with Gasteiger partial charge in [0.15, 0.2) is 5.13 Å². The van der Waals surface area contributed by atoms with E-state index in [4.69, 9.17) is 9.57 Å². The molecule has 0 fully saturated rings. The minimum Gasteiger partial charge on any atom is -0.476 e. The van der Waals surface area contributed by atoms with Crippen molar-refractivity contribution in [1.82, 2.24) is 4.98 Å². The Balaban J connectivity index is 1.71. The molecule has 9 heteroatoms. The Morgan fingerprint density at radius 3 is 1.88 bits per heavy atom. The third-order valence-corrected chi connectivity index (χ3v) is 7.21. The zero-order valence-electron chi connectivity index (χ0n) is 23.2. The van der Waals surface area contributed by atoms with Crippen LogP contribution in [0.5, 0.6) is 0 Å². The molecule has 3 aromatic carbocycles. The van der Waals surface area contributed by atoms with Gasteiger partial charge in [-0.05, 0) is 37.0 Å². The molecule has 4 rings (SSSR count). The summed E-state index contributed by atoms with van der Waals surface area (Å²) < 4.78 is 5.23. The van der Waals surface area contributed by atoms with Crippen LogP contribution in [0.2, 0.25) is 0 Å². The fourth-order valence-corrected chi connectivity index (χ4v) is 5.01. The van der Waals surface area contributed by atoms with Crippen molar-refractivity contribution >= 4 is 34.1 Å². The van der Waals surface area contributed by atoms with E-state index in [0.29, 0.717) is 5.13 Å². The number of nitrogens with one attached hydrogen (secondary N) is 1. The van der Waals surface area contributed by atoms with Crippen LogP contribution in [0, 0.1) is 0 Å². The van der Waals surface area contributed by atoms with E-state index in [-0.39, 0.29) is 12.3 Å². The van der Waals surface area contributed by atoms with Gasteiger partial charge in [0.2, 0.25) is 11.3 Å². The maximum absolute atomic E-state index is 12.4. The van der Waals surface area contributed by atoms with Crippen molar-refractivity contribution < 1.29 is 24.3 Å². The van der Waals surface area contributed by atoms with Crippen LogP contribution in [0.25, 0.3) is 0 Å². The highest BCUT2D eigenvalue weighted by atomic mass is 32.1. The first-order valence-corrected chi connectivity index (χ1v) is 14.2. The van der Waals surface area contributed by atoms with E-state index >= 15 is 0 Å². The monoisotopic (exact) mass is 571 g/mol. The minimum atomic E-state index is -1.48. The third kappa shape index (κ3) is 6.81. The molecule has 1 aromatic heterocycles. The number of esters is 1. The van der Waals surface area contributed by atoms with Gasteiger partial charge in [-0.25, -0.2) is 14.6 Å². The quantitative estimate of drug-likeness (QED) is 0.0622. The minimum absolute atomic E-state index is 0.100. The van der Waals surface area contributed by atoms with Crippen LogP contribution in [0.4, 0.5) is 5.13 Å². The number of hydrogen-bond acceptors (Lipinski definition) is 8. The highest BCUT2D eigenvalue weighted by Gasteiger charge is 2.37. The Bertz CT molecular complexity index is 1370. The van der Waals surface area contributed by atoms with Gasteiger partial charge < -0.3 is 20.0 Å². The van der Waals surface area contributed by atoms with Gasteiger partial charge in [0.1, 0.15) is 11.2 Å². The molecule has 0 spiro atoms. The summed E-state index contributed by atoms with van der Waals surface area (Å²) in [6, 6.07) is 30.0. The van der Waals surface area contributed by atoms with Crippen molar-refractivity contribution in [3.05, 3.63) is 119 Å². The second-order valence-corrected chi connectivity index (χ2v) is 10.7. The fraction of sp³-hybridized carbons (Fsp3) is 0.250. The first kappa shape index (κ1) is 29.5. The lowest BCUT2D eigenvalue weighted by molar-refractivity contribution is -0.168. The lowest BCUT2D eigenvalue weighted by atomic mass is 9.77. The first-order valence-electron chi connectivity index (χ1n) is 13.3. The van der Waals surface area contributed by atoms with E-state index in [0.717, 1.165) is 29.5 Å². The van der Waals surface area contributed by atoms with Gasteiger partial charge in [0.05, 0.1) is 6.61 Å². The number of thiazole rings is 1. The van der Waals surface area contributed by atoms with Crippen LogP contribution in [0.15, 0.2) is 102 Å². The highest BCUT2D eigenvalue weighted by Crippen LogP contribution is 2.40. The largest absolute Gasteiger partial charge is 0.476 e. The average Bonchev–Trinajstić information content (AvgIpc) is 3.45. The molecule has 0 unspecified atom stereocenters. The SMILES string of the molecule is CCCCOC(=O)C(C)(C)O/N=C(\C(=O)O)c1csc(NC(c2ccccc2)(c2ccccc2)c2ccccc2)n1. The first-order chi connectivity index (χ1) is 19.8. The second-order valence-electron chi connectivity index (χ2n) is 9.85. The van der Waals surface area contributed by atoms with Gasteiger partial charge in [0.25, 0.3) is 0 Å². The number of benzene rings is 3. The van der Waals surface area contributed by atoms with Crippen molar-refractivity contribution in [3.8, 4) is 0 Å². The van der Waals surface area contributed by atoms with Crippen molar-refractivity contribution in [2.75, 3.05) is 11.9 Å². The van der Waals surface area contributed by atoms with Gasteiger partial charge in [0, 0.05) is 5.38 Å². The van der Waals surface area contributed by atoms with E-state index in [1.165, 1.54) is 25.2 Å². The summed E-state index contributed by atoms with van der Waals surface area (Å²) >= 11 is 1.25. The molecular formula is C32H33N3O5S. The van der Waals surface area contributed by atoms with Crippen molar-refractivity contribution in [2.45, 2.75) is 44.8 Å². The maximum atomic E-state index is 12.4. The summed E-state index contributed by atoms with van der Waals surface area (Å²) in [6.07, 6.45) is 1.59. The molecule has 0 atom stereocenters. The van der Waals surface area contributed by atoms with Gasteiger partial charge in [-0.15, -0.1) is 11.3 Å². The number of ether oxygens (including phenoxy) is 1. The van der Waals surface area contributed by atoms with E-state index < -0.39 is 28.8 Å². The number of carbonyl (C=O) groups excluding carboxylic acids is 1. The molecule has 8 nitrogen and oxygen atoms in total. The lowest BCUT2D eigenvalue weighted by Crippen LogP contribution is -2.38. The van der Waals surface area contributed by atoms with Crippen molar-refractivity contribution in [2.24, 2.45) is 5.16 Å². The number of aliphatic carboxylic acids is 1.